The second kappa shape index (κ2) is 5.55. The van der Waals surface area contributed by atoms with E-state index in [4.69, 9.17) is 5.73 Å². The molecule has 0 radical (unpaired) electrons. The third-order valence-corrected chi connectivity index (χ3v) is 3.99. The maximum atomic E-state index is 5.70. The van der Waals surface area contributed by atoms with Gasteiger partial charge >= 0.3 is 0 Å². The lowest BCUT2D eigenvalue weighted by molar-refractivity contribution is 0.984. The van der Waals surface area contributed by atoms with Crippen molar-refractivity contribution in [3.05, 3.63) is 10.9 Å². The van der Waals surface area contributed by atoms with Gasteiger partial charge in [-0.2, -0.15) is 16.7 Å². The number of anilines is 2. The summed E-state index contributed by atoms with van der Waals surface area (Å²) < 4.78 is 0. The van der Waals surface area contributed by atoms with E-state index in [1.165, 1.54) is 4.88 Å². The third-order valence-electron chi connectivity index (χ3n) is 2.35. The topological polar surface area (TPSA) is 63.8 Å². The molecule has 0 aliphatic rings. The van der Waals surface area contributed by atoms with E-state index in [1.807, 2.05) is 11.8 Å². The Labute approximate surface area is 109 Å². The molecule has 0 aliphatic carbocycles. The number of fused-ring (bicyclic) bond motifs is 1. The third kappa shape index (κ3) is 3.01. The van der Waals surface area contributed by atoms with Gasteiger partial charge < -0.3 is 11.1 Å². The van der Waals surface area contributed by atoms with Crippen LogP contribution in [0.2, 0.25) is 0 Å². The molecule has 2 heterocycles. The fraction of sp³-hybridized carbons (Fsp3) is 0.455. The molecule has 6 heteroatoms. The fourth-order valence-corrected chi connectivity index (χ4v) is 2.94. The molecular weight excluding hydrogens is 252 g/mol. The molecule has 0 spiro atoms. The van der Waals surface area contributed by atoms with E-state index in [9.17, 15) is 0 Å². The van der Waals surface area contributed by atoms with Gasteiger partial charge in [0.2, 0.25) is 5.95 Å². The SMILES string of the molecule is CSCCCNc1nc(N)nc2sc(C)cc12. The van der Waals surface area contributed by atoms with Crippen LogP contribution in [0.25, 0.3) is 10.2 Å². The van der Waals surface area contributed by atoms with Gasteiger partial charge in [0.15, 0.2) is 0 Å². The molecular formula is C11H16N4S2. The number of aryl methyl sites for hydroxylation is 1. The molecule has 3 N–H and O–H groups in total. The molecule has 0 unspecified atom stereocenters. The lowest BCUT2D eigenvalue weighted by atomic mass is 10.3. The van der Waals surface area contributed by atoms with Crippen LogP contribution in [0.1, 0.15) is 11.3 Å². The van der Waals surface area contributed by atoms with Crippen molar-refractivity contribution >= 4 is 45.1 Å². The van der Waals surface area contributed by atoms with Crippen LogP contribution in [0, 0.1) is 6.92 Å². The lowest BCUT2D eigenvalue weighted by Gasteiger charge is -2.06. The zero-order chi connectivity index (χ0) is 12.3. The van der Waals surface area contributed by atoms with Crippen molar-refractivity contribution in [1.82, 2.24) is 9.97 Å². The Bertz CT molecular complexity index is 509. The van der Waals surface area contributed by atoms with Crippen LogP contribution in [0.4, 0.5) is 11.8 Å². The molecule has 17 heavy (non-hydrogen) atoms. The monoisotopic (exact) mass is 268 g/mol. The van der Waals surface area contributed by atoms with Crippen molar-refractivity contribution < 1.29 is 0 Å². The molecule has 0 aromatic carbocycles. The van der Waals surface area contributed by atoms with Crippen molar-refractivity contribution in [2.75, 3.05) is 29.6 Å². The number of thioether (sulfide) groups is 1. The Morgan fingerprint density at radius 1 is 1.47 bits per heavy atom. The minimum absolute atomic E-state index is 0.340. The number of nitrogens with one attached hydrogen (secondary N) is 1. The highest BCUT2D eigenvalue weighted by Crippen LogP contribution is 2.28. The van der Waals surface area contributed by atoms with Gasteiger partial charge in [-0.05, 0) is 31.4 Å². The van der Waals surface area contributed by atoms with Crippen LogP contribution in [-0.2, 0) is 0 Å². The maximum Gasteiger partial charge on any atom is 0.223 e. The Morgan fingerprint density at radius 3 is 3.06 bits per heavy atom. The van der Waals surface area contributed by atoms with Gasteiger partial charge in [-0.1, -0.05) is 0 Å². The number of thiophene rings is 1. The van der Waals surface area contributed by atoms with Crippen molar-refractivity contribution in [1.29, 1.82) is 0 Å². The van der Waals surface area contributed by atoms with E-state index < -0.39 is 0 Å². The normalized spacial score (nSPS) is 10.9. The van der Waals surface area contributed by atoms with Crippen LogP contribution in [-0.4, -0.2) is 28.5 Å². The summed E-state index contributed by atoms with van der Waals surface area (Å²) in [6, 6.07) is 2.11. The summed E-state index contributed by atoms with van der Waals surface area (Å²) in [5, 5.41) is 4.41. The zero-order valence-corrected chi connectivity index (χ0v) is 11.6. The fourth-order valence-electron chi connectivity index (χ4n) is 1.62. The van der Waals surface area contributed by atoms with Crippen molar-refractivity contribution in [2.45, 2.75) is 13.3 Å². The van der Waals surface area contributed by atoms with Crippen LogP contribution < -0.4 is 11.1 Å². The first-order valence-corrected chi connectivity index (χ1v) is 7.68. The summed E-state index contributed by atoms with van der Waals surface area (Å²) in [7, 11) is 0. The Kier molecular flexibility index (Phi) is 4.06. The first-order valence-electron chi connectivity index (χ1n) is 5.47. The number of hydrogen-bond donors (Lipinski definition) is 2. The number of nitrogens with two attached hydrogens (primary N) is 1. The van der Waals surface area contributed by atoms with E-state index in [0.29, 0.717) is 5.95 Å². The predicted octanol–water partition coefficient (Wildman–Crippen LogP) is 2.75. The van der Waals surface area contributed by atoms with Crippen molar-refractivity contribution in [3.8, 4) is 0 Å². The second-order valence-corrected chi connectivity index (χ2v) is 6.00. The Morgan fingerprint density at radius 2 is 2.29 bits per heavy atom. The van der Waals surface area contributed by atoms with Crippen LogP contribution in [0.3, 0.4) is 0 Å². The standard InChI is InChI=1S/C11H16N4S2/c1-7-6-8-9(13-4-3-5-16-2)14-11(12)15-10(8)17-7/h6H,3-5H2,1-2H3,(H3,12,13,14,15). The number of aromatic nitrogens is 2. The Hall–Kier alpha value is -1.01. The van der Waals surface area contributed by atoms with Gasteiger partial charge in [0, 0.05) is 11.4 Å². The minimum Gasteiger partial charge on any atom is -0.369 e. The minimum atomic E-state index is 0.340. The summed E-state index contributed by atoms with van der Waals surface area (Å²) in [6.07, 6.45) is 3.23. The summed E-state index contributed by atoms with van der Waals surface area (Å²) in [6.45, 7) is 2.99. The average molecular weight is 268 g/mol. The average Bonchev–Trinajstić information content (AvgIpc) is 2.64. The van der Waals surface area contributed by atoms with Gasteiger partial charge in [-0.25, -0.2) is 4.98 Å². The molecule has 0 amide bonds. The molecule has 0 bridgehead atoms. The lowest BCUT2D eigenvalue weighted by Crippen LogP contribution is -2.06. The molecule has 0 fully saturated rings. The number of nitrogens with zero attached hydrogens (tertiary/aromatic N) is 2. The van der Waals surface area contributed by atoms with E-state index in [0.717, 1.165) is 34.8 Å². The largest absolute Gasteiger partial charge is 0.369 e. The smallest absolute Gasteiger partial charge is 0.223 e. The highest BCUT2D eigenvalue weighted by atomic mass is 32.2. The van der Waals surface area contributed by atoms with Gasteiger partial charge in [-0.15, -0.1) is 11.3 Å². The van der Waals surface area contributed by atoms with E-state index >= 15 is 0 Å². The van der Waals surface area contributed by atoms with Gasteiger partial charge in [0.25, 0.3) is 0 Å². The van der Waals surface area contributed by atoms with Gasteiger partial charge in [0.05, 0.1) is 5.39 Å². The van der Waals surface area contributed by atoms with Crippen molar-refractivity contribution in [3.63, 3.8) is 0 Å². The zero-order valence-electron chi connectivity index (χ0n) is 9.99. The molecule has 2 rings (SSSR count). The second-order valence-electron chi connectivity index (χ2n) is 3.78. The van der Waals surface area contributed by atoms with Crippen LogP contribution in [0.5, 0.6) is 0 Å². The quantitative estimate of drug-likeness (QED) is 0.816. The molecule has 4 nitrogen and oxygen atoms in total. The summed E-state index contributed by atoms with van der Waals surface area (Å²) in [5.41, 5.74) is 5.70. The summed E-state index contributed by atoms with van der Waals surface area (Å²) in [4.78, 5) is 10.7. The molecule has 0 saturated carbocycles. The van der Waals surface area contributed by atoms with Gasteiger partial charge in [-0.3, -0.25) is 0 Å². The highest BCUT2D eigenvalue weighted by Gasteiger charge is 2.08. The molecule has 0 atom stereocenters. The molecule has 0 aliphatic heterocycles. The van der Waals surface area contributed by atoms with Crippen LogP contribution in [0.15, 0.2) is 6.07 Å². The first-order chi connectivity index (χ1) is 8.20. The predicted molar refractivity (Wildman–Crippen MR) is 78.1 cm³/mol. The molecule has 0 saturated heterocycles. The number of nitrogen functional groups attached to an aromatic ring is 1. The van der Waals surface area contributed by atoms with E-state index in [2.05, 4.69) is 34.5 Å². The molecule has 2 aromatic heterocycles. The van der Waals surface area contributed by atoms with Crippen LogP contribution >= 0.6 is 23.1 Å². The van der Waals surface area contributed by atoms with Gasteiger partial charge in [0.1, 0.15) is 10.6 Å². The van der Waals surface area contributed by atoms with E-state index in [1.54, 1.807) is 11.3 Å². The van der Waals surface area contributed by atoms with Crippen molar-refractivity contribution in [2.24, 2.45) is 0 Å². The number of rotatable bonds is 5. The maximum absolute atomic E-state index is 5.70. The first kappa shape index (κ1) is 12.4. The summed E-state index contributed by atoms with van der Waals surface area (Å²) >= 11 is 3.50. The molecule has 2 aromatic rings. The summed E-state index contributed by atoms with van der Waals surface area (Å²) in [5.74, 6) is 2.35. The Balaban J connectivity index is 2.19. The van der Waals surface area contributed by atoms with E-state index in [-0.39, 0.29) is 0 Å². The number of hydrogen-bond acceptors (Lipinski definition) is 6. The molecule has 92 valence electrons. The highest BCUT2D eigenvalue weighted by molar-refractivity contribution is 7.98.